The smallest absolute Gasteiger partial charge is 0.0551 e. The molecule has 0 radical (unpaired) electrons. The van der Waals surface area contributed by atoms with E-state index in [2.05, 4.69) is 40.9 Å². The van der Waals surface area contributed by atoms with Crippen LogP contribution in [-0.4, -0.2) is 18.5 Å². The third kappa shape index (κ3) is 4.44. The van der Waals surface area contributed by atoms with Gasteiger partial charge in [0, 0.05) is 11.0 Å². The van der Waals surface area contributed by atoms with E-state index in [0.29, 0.717) is 0 Å². The molecule has 0 heterocycles. The van der Waals surface area contributed by atoms with Gasteiger partial charge < -0.3 is 4.90 Å². The van der Waals surface area contributed by atoms with Gasteiger partial charge in [0.1, 0.15) is 0 Å². The van der Waals surface area contributed by atoms with Crippen molar-refractivity contribution in [3.8, 4) is 0 Å². The third-order valence-electron chi connectivity index (χ3n) is 2.62. The number of hydrogen-bond acceptors (Lipinski definition) is 1. The maximum atomic E-state index is 6.06. The molecule has 0 amide bonds. The van der Waals surface area contributed by atoms with Gasteiger partial charge in [-0.25, -0.2) is 0 Å². The van der Waals surface area contributed by atoms with E-state index >= 15 is 0 Å². The van der Waals surface area contributed by atoms with Crippen LogP contribution in [-0.2, 0) is 6.54 Å². The lowest BCUT2D eigenvalue weighted by molar-refractivity contribution is 0.317. The number of rotatable bonds is 6. The van der Waals surface area contributed by atoms with Crippen molar-refractivity contribution in [2.45, 2.75) is 32.7 Å². The molecular formula is C13H19BrClN. The van der Waals surface area contributed by atoms with Crippen molar-refractivity contribution >= 4 is 27.5 Å². The number of halogens is 2. The van der Waals surface area contributed by atoms with Crippen molar-refractivity contribution < 1.29 is 0 Å². The van der Waals surface area contributed by atoms with Gasteiger partial charge in [-0.1, -0.05) is 43.5 Å². The minimum absolute atomic E-state index is 0.791. The molecule has 0 unspecified atom stereocenters. The monoisotopic (exact) mass is 303 g/mol. The molecule has 0 bridgehead atoms. The quantitative estimate of drug-likeness (QED) is 0.687. The molecular weight excluding hydrogens is 286 g/mol. The van der Waals surface area contributed by atoms with E-state index in [-0.39, 0.29) is 0 Å². The molecule has 0 saturated carbocycles. The van der Waals surface area contributed by atoms with Gasteiger partial charge in [-0.2, -0.15) is 0 Å². The van der Waals surface area contributed by atoms with Crippen LogP contribution in [0.5, 0.6) is 0 Å². The summed E-state index contributed by atoms with van der Waals surface area (Å²) in [4.78, 5) is 2.34. The van der Waals surface area contributed by atoms with Crippen molar-refractivity contribution in [1.82, 2.24) is 4.90 Å². The van der Waals surface area contributed by atoms with Gasteiger partial charge in [0.25, 0.3) is 0 Å². The van der Waals surface area contributed by atoms with Gasteiger partial charge in [0.2, 0.25) is 0 Å². The Morgan fingerprint density at radius 1 is 1.31 bits per heavy atom. The van der Waals surface area contributed by atoms with Crippen LogP contribution in [0.3, 0.4) is 0 Å². The lowest BCUT2D eigenvalue weighted by Crippen LogP contribution is -2.19. The summed E-state index contributed by atoms with van der Waals surface area (Å²) in [6.07, 6.45) is 3.85. The van der Waals surface area contributed by atoms with E-state index in [4.69, 9.17) is 11.6 Å². The van der Waals surface area contributed by atoms with Crippen LogP contribution in [0.15, 0.2) is 22.7 Å². The normalized spacial score (nSPS) is 11.1. The Hall–Kier alpha value is -0.0500. The fourth-order valence-corrected chi connectivity index (χ4v) is 2.26. The van der Waals surface area contributed by atoms with Crippen LogP contribution >= 0.6 is 27.5 Å². The average molecular weight is 305 g/mol. The predicted molar refractivity (Wildman–Crippen MR) is 75.0 cm³/mol. The molecule has 0 aliphatic carbocycles. The maximum Gasteiger partial charge on any atom is 0.0551 e. The van der Waals surface area contributed by atoms with Gasteiger partial charge in [0.15, 0.2) is 0 Å². The molecule has 90 valence electrons. The largest absolute Gasteiger partial charge is 0.302 e. The van der Waals surface area contributed by atoms with E-state index in [1.807, 2.05) is 12.1 Å². The second-order valence-corrected chi connectivity index (χ2v) is 5.36. The summed E-state index contributed by atoms with van der Waals surface area (Å²) in [5, 5.41) is 0.791. The molecule has 1 aromatic carbocycles. The zero-order chi connectivity index (χ0) is 12.0. The van der Waals surface area contributed by atoms with Crippen molar-refractivity contribution in [2.24, 2.45) is 0 Å². The lowest BCUT2D eigenvalue weighted by atomic mass is 10.2. The zero-order valence-electron chi connectivity index (χ0n) is 9.97. The van der Waals surface area contributed by atoms with E-state index in [1.165, 1.54) is 24.8 Å². The molecule has 3 heteroatoms. The molecule has 0 aliphatic heterocycles. The summed E-state index contributed by atoms with van der Waals surface area (Å²) < 4.78 is 1.03. The molecule has 0 atom stereocenters. The fraction of sp³-hybridized carbons (Fsp3) is 0.538. The minimum atomic E-state index is 0.791. The topological polar surface area (TPSA) is 3.24 Å². The van der Waals surface area contributed by atoms with E-state index < -0.39 is 0 Å². The second kappa shape index (κ2) is 7.31. The molecule has 1 aromatic rings. The Balaban J connectivity index is 2.49. The van der Waals surface area contributed by atoms with Gasteiger partial charge in [-0.15, -0.1) is 0 Å². The van der Waals surface area contributed by atoms with Gasteiger partial charge in [0.05, 0.1) is 5.02 Å². The molecule has 0 spiro atoms. The molecule has 0 aromatic heterocycles. The Bertz CT molecular complexity index is 328. The Kier molecular flexibility index (Phi) is 6.40. The van der Waals surface area contributed by atoms with Crippen molar-refractivity contribution in [2.75, 3.05) is 13.6 Å². The third-order valence-corrected chi connectivity index (χ3v) is 4.09. The van der Waals surface area contributed by atoms with E-state index in [9.17, 15) is 0 Å². The number of unbranched alkanes of at least 4 members (excludes halogenated alkanes) is 2. The number of nitrogens with zero attached hydrogens (tertiary/aromatic N) is 1. The van der Waals surface area contributed by atoms with Gasteiger partial charge in [-0.05, 0) is 47.6 Å². The fourth-order valence-electron chi connectivity index (χ4n) is 1.67. The standard InChI is InChI=1S/C13H19BrClN/c1-3-4-5-9-16(2)10-11-7-6-8-12(15)13(11)14/h6-8H,3-5,9-10H2,1-2H3. The number of benzene rings is 1. The highest BCUT2D eigenvalue weighted by molar-refractivity contribution is 9.10. The first-order chi connectivity index (χ1) is 7.65. The van der Waals surface area contributed by atoms with Crippen molar-refractivity contribution in [1.29, 1.82) is 0 Å². The van der Waals surface area contributed by atoms with E-state index in [0.717, 1.165) is 22.6 Å². The molecule has 16 heavy (non-hydrogen) atoms. The van der Waals surface area contributed by atoms with Crippen LogP contribution in [0, 0.1) is 0 Å². The highest BCUT2D eigenvalue weighted by Gasteiger charge is 2.06. The first-order valence-electron chi connectivity index (χ1n) is 5.76. The molecule has 1 nitrogen and oxygen atoms in total. The van der Waals surface area contributed by atoms with Crippen LogP contribution in [0.4, 0.5) is 0 Å². The zero-order valence-corrected chi connectivity index (χ0v) is 12.3. The average Bonchev–Trinajstić information content (AvgIpc) is 2.25. The van der Waals surface area contributed by atoms with Crippen LogP contribution in [0.25, 0.3) is 0 Å². The highest BCUT2D eigenvalue weighted by Crippen LogP contribution is 2.26. The first-order valence-corrected chi connectivity index (χ1v) is 6.93. The maximum absolute atomic E-state index is 6.06. The molecule has 0 fully saturated rings. The SMILES string of the molecule is CCCCCN(C)Cc1cccc(Cl)c1Br. The van der Waals surface area contributed by atoms with Gasteiger partial charge >= 0.3 is 0 Å². The second-order valence-electron chi connectivity index (χ2n) is 4.16. The summed E-state index contributed by atoms with van der Waals surface area (Å²) in [6, 6.07) is 6.03. The summed E-state index contributed by atoms with van der Waals surface area (Å²) in [5.41, 5.74) is 1.26. The van der Waals surface area contributed by atoms with Crippen LogP contribution in [0.1, 0.15) is 31.7 Å². The lowest BCUT2D eigenvalue weighted by Gasteiger charge is -2.17. The summed E-state index contributed by atoms with van der Waals surface area (Å²) in [6.45, 7) is 4.32. The van der Waals surface area contributed by atoms with Crippen LogP contribution < -0.4 is 0 Å². The minimum Gasteiger partial charge on any atom is -0.302 e. The molecule has 0 saturated heterocycles. The van der Waals surface area contributed by atoms with Crippen molar-refractivity contribution in [3.63, 3.8) is 0 Å². The Labute approximate surface area is 112 Å². The highest BCUT2D eigenvalue weighted by atomic mass is 79.9. The summed E-state index contributed by atoms with van der Waals surface area (Å²) in [5.74, 6) is 0. The first kappa shape index (κ1) is 14.0. The Morgan fingerprint density at radius 2 is 2.06 bits per heavy atom. The van der Waals surface area contributed by atoms with Gasteiger partial charge in [-0.3, -0.25) is 0 Å². The predicted octanol–water partition coefficient (Wildman–Crippen LogP) is 4.72. The van der Waals surface area contributed by atoms with E-state index in [1.54, 1.807) is 0 Å². The molecule has 0 aliphatic rings. The Morgan fingerprint density at radius 3 is 2.75 bits per heavy atom. The number of hydrogen-bond donors (Lipinski definition) is 0. The van der Waals surface area contributed by atoms with Crippen molar-refractivity contribution in [3.05, 3.63) is 33.3 Å². The van der Waals surface area contributed by atoms with Crippen LogP contribution in [0.2, 0.25) is 5.02 Å². The summed E-state index contributed by atoms with van der Waals surface area (Å²) >= 11 is 9.59. The molecule has 0 N–H and O–H groups in total. The summed E-state index contributed by atoms with van der Waals surface area (Å²) in [7, 11) is 2.16. The molecule has 1 rings (SSSR count).